The molecule has 0 spiro atoms. The number of carboxylic acids is 1. The van der Waals surface area contributed by atoms with E-state index in [-0.39, 0.29) is 18.2 Å². The second-order valence-electron chi connectivity index (χ2n) is 2.50. The Morgan fingerprint density at radius 3 is 2.54 bits per heavy atom. The van der Waals surface area contributed by atoms with Gasteiger partial charge in [0, 0.05) is 0 Å². The van der Waals surface area contributed by atoms with Crippen LogP contribution >= 0.6 is 11.8 Å². The summed E-state index contributed by atoms with van der Waals surface area (Å²) in [6.07, 6.45) is -2.20. The molecular weight excluding hydrogens is 205 g/mol. The van der Waals surface area contributed by atoms with Crippen molar-refractivity contribution in [1.29, 1.82) is 0 Å². The van der Waals surface area contributed by atoms with Crippen molar-refractivity contribution in [2.75, 3.05) is 5.75 Å². The van der Waals surface area contributed by atoms with Crippen molar-refractivity contribution in [3.63, 3.8) is 0 Å². The predicted octanol–water partition coefficient (Wildman–Crippen LogP) is 2.54. The average Bonchev–Trinajstić information content (AvgIpc) is 2.01. The number of hydrogen-bond acceptors (Lipinski definition) is 2. The lowest BCUT2D eigenvalue weighted by molar-refractivity contribution is -0.134. The van der Waals surface area contributed by atoms with Gasteiger partial charge >= 0.3 is 11.2 Å². The number of aliphatic carboxylic acids is 1. The monoisotopic (exact) mass is 216 g/mol. The first-order chi connectivity index (χ1) is 5.90. The van der Waals surface area contributed by atoms with Crippen molar-refractivity contribution < 1.29 is 23.1 Å². The van der Waals surface area contributed by atoms with E-state index in [4.69, 9.17) is 5.11 Å². The number of thioether (sulfide) groups is 1. The minimum atomic E-state index is -3.59. The lowest BCUT2D eigenvalue weighted by Crippen LogP contribution is -2.27. The summed E-state index contributed by atoms with van der Waals surface area (Å²) in [5.74, 6) is -2.15. The summed E-state index contributed by atoms with van der Waals surface area (Å²) in [6, 6.07) is 0. The zero-order chi connectivity index (χ0) is 10.5. The summed E-state index contributed by atoms with van der Waals surface area (Å²) in [5, 5.41) is 4.52. The molecule has 6 heteroatoms. The van der Waals surface area contributed by atoms with Crippen LogP contribution in [0.5, 0.6) is 0 Å². The quantitative estimate of drug-likeness (QED) is 0.741. The summed E-state index contributed by atoms with van der Waals surface area (Å²) in [7, 11) is 0. The highest BCUT2D eigenvalue weighted by Crippen LogP contribution is 2.36. The summed E-state index contributed by atoms with van der Waals surface area (Å²) in [5.41, 5.74) is 0. The van der Waals surface area contributed by atoms with Crippen LogP contribution in [-0.2, 0) is 4.79 Å². The Bertz CT molecular complexity index is 175. The third-order valence-electron chi connectivity index (χ3n) is 1.29. The third-order valence-corrected chi connectivity index (χ3v) is 2.33. The van der Waals surface area contributed by atoms with Gasteiger partial charge in [-0.15, -0.1) is 0 Å². The number of carbonyl (C=O) groups is 1. The minimum Gasteiger partial charge on any atom is -0.481 e. The molecule has 0 saturated carbocycles. The van der Waals surface area contributed by atoms with Crippen molar-refractivity contribution in [1.82, 2.24) is 0 Å². The van der Waals surface area contributed by atoms with Gasteiger partial charge in [-0.1, -0.05) is 25.1 Å². The Labute approximate surface area is 78.5 Å². The first-order valence-corrected chi connectivity index (χ1v) is 4.76. The predicted molar refractivity (Wildman–Crippen MR) is 44.8 cm³/mol. The van der Waals surface area contributed by atoms with Gasteiger partial charge in [-0.05, 0) is 6.42 Å². The van der Waals surface area contributed by atoms with Gasteiger partial charge in [0.15, 0.2) is 6.17 Å². The number of rotatable bonds is 6. The van der Waals surface area contributed by atoms with Crippen LogP contribution in [0.15, 0.2) is 0 Å². The molecule has 0 amide bonds. The summed E-state index contributed by atoms with van der Waals surface area (Å²) >= 11 is -0.173. The normalized spacial score (nSPS) is 14.2. The largest absolute Gasteiger partial charge is 0.481 e. The topological polar surface area (TPSA) is 37.3 Å². The second-order valence-corrected chi connectivity index (χ2v) is 3.62. The van der Waals surface area contributed by atoms with E-state index >= 15 is 0 Å². The molecule has 0 fully saturated rings. The van der Waals surface area contributed by atoms with E-state index in [0.717, 1.165) is 0 Å². The van der Waals surface area contributed by atoms with Gasteiger partial charge in [-0.2, -0.15) is 8.78 Å². The van der Waals surface area contributed by atoms with Crippen molar-refractivity contribution in [2.24, 2.45) is 0 Å². The van der Waals surface area contributed by atoms with Crippen molar-refractivity contribution in [3.05, 3.63) is 0 Å². The fourth-order valence-corrected chi connectivity index (χ4v) is 1.28. The highest BCUT2D eigenvalue weighted by Gasteiger charge is 2.40. The molecule has 0 rings (SSSR count). The molecule has 2 nitrogen and oxygen atoms in total. The van der Waals surface area contributed by atoms with E-state index in [0.29, 0.717) is 6.42 Å². The van der Waals surface area contributed by atoms with Crippen molar-refractivity contribution >= 4 is 17.7 Å². The Balaban J connectivity index is 3.97. The summed E-state index contributed by atoms with van der Waals surface area (Å²) < 4.78 is 38.0. The average molecular weight is 216 g/mol. The van der Waals surface area contributed by atoms with Gasteiger partial charge < -0.3 is 5.11 Å². The zero-order valence-electron chi connectivity index (χ0n) is 7.10. The summed E-state index contributed by atoms with van der Waals surface area (Å²) in [4.78, 5) is 9.95. The molecule has 1 atom stereocenters. The fourth-order valence-electron chi connectivity index (χ4n) is 0.670. The lowest BCUT2D eigenvalue weighted by Gasteiger charge is -2.18. The fraction of sp³-hybridized carbons (Fsp3) is 0.857. The van der Waals surface area contributed by atoms with Gasteiger partial charge in [-0.25, -0.2) is 4.39 Å². The molecule has 78 valence electrons. The minimum absolute atomic E-state index is 0.173. The van der Waals surface area contributed by atoms with Crippen LogP contribution in [-0.4, -0.2) is 28.3 Å². The first-order valence-electron chi connectivity index (χ1n) is 3.77. The molecule has 1 N–H and O–H groups in total. The van der Waals surface area contributed by atoms with E-state index in [1.54, 1.807) is 6.92 Å². The van der Waals surface area contributed by atoms with E-state index in [9.17, 15) is 18.0 Å². The third kappa shape index (κ3) is 5.02. The van der Waals surface area contributed by atoms with Crippen LogP contribution in [0.1, 0.15) is 19.8 Å². The zero-order valence-corrected chi connectivity index (χ0v) is 7.91. The van der Waals surface area contributed by atoms with E-state index in [1.165, 1.54) is 0 Å². The molecule has 0 aliphatic rings. The molecule has 0 saturated heterocycles. The second kappa shape index (κ2) is 5.36. The molecule has 0 bridgehead atoms. The highest BCUT2D eigenvalue weighted by atomic mass is 32.2. The van der Waals surface area contributed by atoms with Crippen LogP contribution in [0.3, 0.4) is 0 Å². The molecule has 0 aromatic carbocycles. The molecule has 1 unspecified atom stereocenters. The van der Waals surface area contributed by atoms with Gasteiger partial charge in [0.2, 0.25) is 0 Å². The van der Waals surface area contributed by atoms with Crippen LogP contribution in [0.2, 0.25) is 0 Å². The van der Waals surface area contributed by atoms with Crippen LogP contribution in [0.25, 0.3) is 0 Å². The molecule has 13 heavy (non-hydrogen) atoms. The Morgan fingerprint density at radius 2 is 2.15 bits per heavy atom. The Kier molecular flexibility index (Phi) is 5.20. The number of hydrogen-bond donors (Lipinski definition) is 1. The molecule has 0 aromatic rings. The van der Waals surface area contributed by atoms with Gasteiger partial charge in [0.25, 0.3) is 0 Å². The molecule has 0 radical (unpaired) electrons. The van der Waals surface area contributed by atoms with Crippen molar-refractivity contribution in [3.8, 4) is 0 Å². The Hall–Kier alpha value is -0.390. The Morgan fingerprint density at radius 1 is 1.62 bits per heavy atom. The van der Waals surface area contributed by atoms with E-state index < -0.39 is 23.1 Å². The molecule has 0 aliphatic heterocycles. The number of carboxylic acid groups (broad SMARTS) is 1. The molecule has 0 aliphatic carbocycles. The SMILES string of the molecule is CCCC(F)C(F)(F)SCC(=O)O. The standard InChI is InChI=1S/C7H11F3O2S/c1-2-3-5(8)7(9,10)13-4-6(11)12/h5H,2-4H2,1H3,(H,11,12). The van der Waals surface area contributed by atoms with Gasteiger partial charge in [0.1, 0.15) is 0 Å². The maximum absolute atomic E-state index is 12.7. The lowest BCUT2D eigenvalue weighted by atomic mass is 10.2. The van der Waals surface area contributed by atoms with Crippen LogP contribution in [0.4, 0.5) is 13.2 Å². The van der Waals surface area contributed by atoms with Crippen LogP contribution in [0, 0.1) is 0 Å². The summed E-state index contributed by atoms with van der Waals surface area (Å²) in [6.45, 7) is 1.59. The molecule has 0 aromatic heterocycles. The number of alkyl halides is 3. The molecule has 0 heterocycles. The van der Waals surface area contributed by atoms with E-state index in [1.807, 2.05) is 0 Å². The molecular formula is C7H11F3O2S. The smallest absolute Gasteiger partial charge is 0.325 e. The first kappa shape index (κ1) is 12.6. The van der Waals surface area contributed by atoms with Gasteiger partial charge in [-0.3, -0.25) is 4.79 Å². The van der Waals surface area contributed by atoms with E-state index in [2.05, 4.69) is 0 Å². The highest BCUT2D eigenvalue weighted by molar-refractivity contribution is 8.01. The maximum Gasteiger partial charge on any atom is 0.325 e. The number of halogens is 3. The maximum atomic E-state index is 12.7. The van der Waals surface area contributed by atoms with Gasteiger partial charge in [0.05, 0.1) is 5.75 Å². The van der Waals surface area contributed by atoms with Crippen molar-refractivity contribution in [2.45, 2.75) is 31.2 Å². The van der Waals surface area contributed by atoms with Crippen LogP contribution < -0.4 is 0 Å².